The predicted octanol–water partition coefficient (Wildman–Crippen LogP) is -3.82. The Morgan fingerprint density at radius 1 is 0.875 bits per heavy atom. The first-order chi connectivity index (χ1) is 3.64. The Bertz CT molecular complexity index is 62.0. The molecule has 1 fully saturated rings. The highest BCUT2D eigenvalue weighted by Crippen LogP contribution is 2.15. The molecule has 0 radical (unpaired) electrons. The van der Waals surface area contributed by atoms with E-state index >= 15 is 0 Å². The van der Waals surface area contributed by atoms with Gasteiger partial charge in [-0.05, 0) is 0 Å². The maximum absolute atomic E-state index is 10.1. The summed E-state index contributed by atoms with van der Waals surface area (Å²) in [5, 5.41) is 37.1. The third-order valence-corrected chi connectivity index (χ3v) is 1.35. The van der Waals surface area contributed by atoms with Crippen molar-refractivity contribution in [3.8, 4) is 0 Å². The highest BCUT2D eigenvalue weighted by molar-refractivity contribution is 4.96. The van der Waals surface area contributed by atoms with Crippen molar-refractivity contribution < 1.29 is 20.4 Å². The van der Waals surface area contributed by atoms with Crippen LogP contribution in [-0.4, -0.2) is 34.6 Å². The second-order valence-corrected chi connectivity index (χ2v) is 1.91. The highest BCUT2D eigenvalue weighted by atomic mass is 16.4. The van der Waals surface area contributed by atoms with Gasteiger partial charge in [0.15, 0.2) is 0 Å². The van der Waals surface area contributed by atoms with E-state index in [1.165, 1.54) is 0 Å². The van der Waals surface area contributed by atoms with Crippen LogP contribution in [0.4, 0.5) is 0 Å². The maximum Gasteiger partial charge on any atom is 0.0655 e. The van der Waals surface area contributed by atoms with E-state index in [-0.39, 0.29) is 0 Å². The van der Waals surface area contributed by atoms with Gasteiger partial charge in [-0.1, -0.05) is 0 Å². The van der Waals surface area contributed by atoms with Gasteiger partial charge in [-0.3, -0.25) is 0 Å². The molecule has 8 heavy (non-hydrogen) atoms. The monoisotopic (exact) mass is 118 g/mol. The number of hydrogen-bond acceptors (Lipinski definition) is 4. The molecule has 1 rings (SSSR count). The lowest BCUT2D eigenvalue weighted by atomic mass is 9.85. The Morgan fingerprint density at radius 3 is 1.25 bits per heavy atom. The molecule has 1 aliphatic carbocycles. The molecule has 2 N–H and O–H groups in total. The smallest absolute Gasteiger partial charge is 0.0655 e. The maximum atomic E-state index is 10.1. The van der Waals surface area contributed by atoms with Gasteiger partial charge in [0.05, 0.1) is 12.2 Å². The van der Waals surface area contributed by atoms with E-state index in [1.54, 1.807) is 0 Å². The quantitative estimate of drug-likeness (QED) is 0.341. The van der Waals surface area contributed by atoms with Crippen molar-refractivity contribution in [2.24, 2.45) is 0 Å². The number of hydrogen-bond donors (Lipinski definition) is 2. The van der Waals surface area contributed by atoms with Crippen molar-refractivity contribution in [1.29, 1.82) is 0 Å². The van der Waals surface area contributed by atoms with E-state index in [2.05, 4.69) is 0 Å². The van der Waals surface area contributed by atoms with E-state index in [0.717, 1.165) is 0 Å². The van der Waals surface area contributed by atoms with Gasteiger partial charge in [0.25, 0.3) is 0 Å². The second kappa shape index (κ2) is 1.66. The van der Waals surface area contributed by atoms with Crippen molar-refractivity contribution >= 4 is 0 Å². The van der Waals surface area contributed by atoms with Gasteiger partial charge >= 0.3 is 0 Å². The van der Waals surface area contributed by atoms with Gasteiger partial charge < -0.3 is 20.4 Å². The van der Waals surface area contributed by atoms with Crippen LogP contribution in [0, 0.1) is 0 Å². The van der Waals surface area contributed by atoms with Gasteiger partial charge in [-0.25, -0.2) is 0 Å². The Kier molecular flexibility index (Phi) is 1.24. The fourth-order valence-electron chi connectivity index (χ4n) is 0.632. The predicted molar refractivity (Wildman–Crippen MR) is 19.6 cm³/mol. The zero-order valence-electron chi connectivity index (χ0n) is 4.02. The minimum atomic E-state index is -1.52. The summed E-state index contributed by atoms with van der Waals surface area (Å²) in [6, 6.07) is 0. The van der Waals surface area contributed by atoms with Gasteiger partial charge in [-0.2, -0.15) is 0 Å². The van der Waals surface area contributed by atoms with E-state index < -0.39 is 24.4 Å². The van der Waals surface area contributed by atoms with Crippen LogP contribution >= 0.6 is 0 Å². The molecule has 4 heteroatoms. The van der Waals surface area contributed by atoms with Crippen molar-refractivity contribution in [3.05, 3.63) is 0 Å². The fourth-order valence-corrected chi connectivity index (χ4v) is 0.632. The fraction of sp³-hybridized carbons (Fsp3) is 1.00. The molecule has 0 aromatic carbocycles. The lowest BCUT2D eigenvalue weighted by molar-refractivity contribution is -0.588. The Balaban J connectivity index is 2.42. The Hall–Kier alpha value is -0.160. The van der Waals surface area contributed by atoms with Gasteiger partial charge in [0.1, 0.15) is 0 Å². The van der Waals surface area contributed by atoms with Crippen LogP contribution in [0.3, 0.4) is 0 Å². The molecular weight excluding hydrogens is 112 g/mol. The molecule has 4 atom stereocenters. The van der Waals surface area contributed by atoms with E-state index in [9.17, 15) is 10.2 Å². The first-order valence-electron chi connectivity index (χ1n) is 2.32. The summed E-state index contributed by atoms with van der Waals surface area (Å²) in [5.74, 6) is 0. The molecule has 0 amide bonds. The summed E-state index contributed by atoms with van der Waals surface area (Å²) in [6.45, 7) is 0. The van der Waals surface area contributed by atoms with Gasteiger partial charge in [-0.15, -0.1) is 12.2 Å². The first kappa shape index (κ1) is 5.97. The minimum absolute atomic E-state index is 1.34. The number of aliphatic hydroxyl groups excluding tert-OH is 2. The van der Waals surface area contributed by atoms with Crippen LogP contribution in [0.5, 0.6) is 0 Å². The van der Waals surface area contributed by atoms with Crippen LogP contribution in [0.15, 0.2) is 0 Å². The second-order valence-electron chi connectivity index (χ2n) is 1.91. The largest absolute Gasteiger partial charge is 0.851 e. The molecule has 0 saturated heterocycles. The van der Waals surface area contributed by atoms with Crippen LogP contribution in [0.1, 0.15) is 0 Å². The standard InChI is InChI=1S/C4H6O4/c5-1-2(6)4(8)3(1)7/h1-6H/q-2. The third-order valence-electron chi connectivity index (χ3n) is 1.35. The molecule has 0 aromatic heterocycles. The molecule has 0 bridgehead atoms. The lowest BCUT2D eigenvalue weighted by Crippen LogP contribution is -2.74. The summed E-state index contributed by atoms with van der Waals surface area (Å²) in [5.41, 5.74) is 0. The lowest BCUT2D eigenvalue weighted by Gasteiger charge is -2.55. The van der Waals surface area contributed by atoms with Crippen LogP contribution < -0.4 is 10.2 Å². The average Bonchev–Trinajstić information content (AvgIpc) is 1.83. The van der Waals surface area contributed by atoms with Crippen molar-refractivity contribution in [2.45, 2.75) is 24.4 Å². The van der Waals surface area contributed by atoms with Crippen LogP contribution in [0.2, 0.25) is 0 Å². The summed E-state index contributed by atoms with van der Waals surface area (Å²) in [4.78, 5) is 0. The van der Waals surface area contributed by atoms with E-state index in [4.69, 9.17) is 10.2 Å². The summed E-state index contributed by atoms with van der Waals surface area (Å²) in [6.07, 6.45) is -5.72. The number of aliphatic hydroxyl groups is 2. The van der Waals surface area contributed by atoms with Crippen LogP contribution in [-0.2, 0) is 0 Å². The third kappa shape index (κ3) is 0.545. The molecule has 0 aromatic rings. The molecule has 4 nitrogen and oxygen atoms in total. The van der Waals surface area contributed by atoms with E-state index in [0.29, 0.717) is 0 Å². The molecule has 4 unspecified atom stereocenters. The zero-order chi connectivity index (χ0) is 6.31. The topological polar surface area (TPSA) is 86.6 Å². The number of rotatable bonds is 0. The Labute approximate surface area is 46.0 Å². The van der Waals surface area contributed by atoms with Crippen molar-refractivity contribution in [2.75, 3.05) is 0 Å². The molecular formula is C4H6O4-2. The van der Waals surface area contributed by atoms with Crippen molar-refractivity contribution in [1.82, 2.24) is 0 Å². The van der Waals surface area contributed by atoms with E-state index in [1.807, 2.05) is 0 Å². The zero-order valence-corrected chi connectivity index (χ0v) is 4.02. The van der Waals surface area contributed by atoms with Gasteiger partial charge in [0.2, 0.25) is 0 Å². The highest BCUT2D eigenvalue weighted by Gasteiger charge is 2.33. The summed E-state index contributed by atoms with van der Waals surface area (Å²) in [7, 11) is 0. The molecule has 0 spiro atoms. The average molecular weight is 118 g/mol. The molecule has 0 heterocycles. The van der Waals surface area contributed by atoms with Crippen molar-refractivity contribution in [3.63, 3.8) is 0 Å². The molecule has 0 aliphatic heterocycles. The van der Waals surface area contributed by atoms with Crippen LogP contribution in [0.25, 0.3) is 0 Å². The Morgan fingerprint density at radius 2 is 1.12 bits per heavy atom. The summed E-state index contributed by atoms with van der Waals surface area (Å²) >= 11 is 0. The SMILES string of the molecule is [O-]C1C([O-])C(O)C1O. The molecule has 48 valence electrons. The van der Waals surface area contributed by atoms with Gasteiger partial charge in [0, 0.05) is 0 Å². The minimum Gasteiger partial charge on any atom is -0.851 e. The summed E-state index contributed by atoms with van der Waals surface area (Å²) < 4.78 is 0. The molecule has 1 aliphatic rings. The molecule has 1 saturated carbocycles. The first-order valence-corrected chi connectivity index (χ1v) is 2.32. The normalized spacial score (nSPS) is 55.5.